The average Bonchev–Trinajstić information content (AvgIpc) is 3.49. The molecule has 15 nitrogen and oxygen atoms in total. The number of nitrogens with one attached hydrogen (secondary N) is 2. The van der Waals surface area contributed by atoms with Gasteiger partial charge in [0.15, 0.2) is 0 Å². The smallest absolute Gasteiger partial charge is 0.262 e. The normalized spacial score (nSPS) is 24.2. The van der Waals surface area contributed by atoms with Crippen LogP contribution < -0.4 is 19.9 Å². The molecule has 1 saturated carbocycles. The van der Waals surface area contributed by atoms with Crippen molar-refractivity contribution in [1.29, 1.82) is 0 Å². The molecule has 6 aliphatic rings. The fourth-order valence-electron chi connectivity index (χ4n) is 9.43. The van der Waals surface area contributed by atoms with Crippen molar-refractivity contribution in [2.75, 3.05) is 55.6 Å². The van der Waals surface area contributed by atoms with Gasteiger partial charge in [0.2, 0.25) is 11.8 Å². The third-order valence-electron chi connectivity index (χ3n) is 13.0. The molecule has 4 aromatic rings. The summed E-state index contributed by atoms with van der Waals surface area (Å²) in [6.07, 6.45) is 9.52. The van der Waals surface area contributed by atoms with Crippen molar-refractivity contribution < 1.29 is 28.7 Å². The Hall–Kier alpha value is -5.41. The number of fused-ring (bicyclic) bond motifs is 2. The minimum atomic E-state index is -0.966. The number of anilines is 2. The first-order valence-electron chi connectivity index (χ1n) is 20.9. The number of hydrogen-bond acceptors (Lipinski definition) is 12. The van der Waals surface area contributed by atoms with Crippen molar-refractivity contribution >= 4 is 46.0 Å². The molecule has 15 heteroatoms. The molecule has 302 valence electrons. The Bertz CT molecular complexity index is 2270. The van der Waals surface area contributed by atoms with Crippen LogP contribution in [0.1, 0.15) is 85.4 Å². The predicted octanol–water partition coefficient (Wildman–Crippen LogP) is 4.33. The highest BCUT2D eigenvalue weighted by molar-refractivity contribution is 6.23. The molecule has 5 aliphatic heterocycles. The van der Waals surface area contributed by atoms with Crippen LogP contribution >= 0.6 is 0 Å². The van der Waals surface area contributed by atoms with E-state index in [0.717, 1.165) is 135 Å². The lowest BCUT2D eigenvalue weighted by molar-refractivity contribution is -0.136. The van der Waals surface area contributed by atoms with Crippen LogP contribution in [0.15, 0.2) is 48.8 Å². The number of rotatable bonds is 10. The van der Waals surface area contributed by atoms with Gasteiger partial charge in [0.25, 0.3) is 11.8 Å². The number of carbonyl (C=O) groups is 4. The fraction of sp³-hybridized carbons (Fsp3) is 0.512. The number of aromatic nitrogens is 4. The van der Waals surface area contributed by atoms with E-state index in [1.54, 1.807) is 18.5 Å². The third-order valence-corrected chi connectivity index (χ3v) is 13.0. The van der Waals surface area contributed by atoms with Gasteiger partial charge < -0.3 is 24.2 Å². The van der Waals surface area contributed by atoms with E-state index in [9.17, 15) is 19.2 Å². The quantitative estimate of drug-likeness (QED) is 0.219. The van der Waals surface area contributed by atoms with Gasteiger partial charge in [0, 0.05) is 69.4 Å². The van der Waals surface area contributed by atoms with Gasteiger partial charge in [-0.05, 0) is 101 Å². The van der Waals surface area contributed by atoms with E-state index in [4.69, 9.17) is 9.47 Å². The second-order valence-corrected chi connectivity index (χ2v) is 17.2. The predicted molar refractivity (Wildman–Crippen MR) is 215 cm³/mol. The Morgan fingerprint density at radius 1 is 0.810 bits per heavy atom. The van der Waals surface area contributed by atoms with Crippen LogP contribution in [0.25, 0.3) is 22.3 Å². The van der Waals surface area contributed by atoms with Crippen molar-refractivity contribution in [3.05, 3.63) is 59.9 Å². The first-order chi connectivity index (χ1) is 28.2. The second kappa shape index (κ2) is 14.8. The Labute approximate surface area is 336 Å². The number of carbonyl (C=O) groups excluding carboxylic acids is 4. The van der Waals surface area contributed by atoms with E-state index in [1.807, 2.05) is 18.2 Å². The molecule has 4 saturated heterocycles. The van der Waals surface area contributed by atoms with Gasteiger partial charge in [-0.1, -0.05) is 0 Å². The molecule has 58 heavy (non-hydrogen) atoms. The van der Waals surface area contributed by atoms with Gasteiger partial charge in [-0.3, -0.25) is 34.5 Å². The minimum Gasteiger partial charge on any atom is -0.488 e. The van der Waals surface area contributed by atoms with Crippen molar-refractivity contribution in [2.24, 2.45) is 5.92 Å². The lowest BCUT2D eigenvalue weighted by Gasteiger charge is -2.35. The summed E-state index contributed by atoms with van der Waals surface area (Å²) in [6, 6.07) is 12.5. The van der Waals surface area contributed by atoms with Gasteiger partial charge in [-0.2, -0.15) is 5.10 Å². The second-order valence-electron chi connectivity index (χ2n) is 17.2. The third kappa shape index (κ3) is 7.18. The first kappa shape index (κ1) is 36.9. The monoisotopic (exact) mass is 787 g/mol. The van der Waals surface area contributed by atoms with Gasteiger partial charge in [0.05, 0.1) is 34.5 Å². The number of benzene rings is 2. The molecule has 0 bridgehead atoms. The van der Waals surface area contributed by atoms with Crippen molar-refractivity contribution in [3.8, 4) is 17.1 Å². The SMILES string of the molecule is CC1(Oc2ccc3[nH]nc(-c4cc(N5CCC(CN6CC[C@@H](OC7CCN(c8ccc9c(c8)C(=O)N(C8CCC(=O)NC8=O)C9=O)CC7)C6)CC5)ncn4)c3c2)CC1. The van der Waals surface area contributed by atoms with Crippen LogP contribution in [0.4, 0.5) is 11.5 Å². The van der Waals surface area contributed by atoms with E-state index >= 15 is 0 Å². The standard InChI is InChI=1S/C43H49N9O6/c1-43(13-14-43)58-29-3-5-34-33(21-29)39(48-47-34)35-22-37(45-25-44-35)51-16-8-26(9-17-51)23-49-15-10-30(24-49)57-28-11-18-50(19-12-28)27-2-4-31-32(20-27)42(56)52(41(31)55)36-6-7-38(53)46-40(36)54/h2-5,20-22,25-26,28,30,36H,6-19,23-24H2,1H3,(H,47,48)(H,46,53,54)/t30-,36?/m1/s1. The lowest BCUT2D eigenvalue weighted by atomic mass is 9.96. The van der Waals surface area contributed by atoms with Crippen LogP contribution in [0, 0.1) is 5.92 Å². The Morgan fingerprint density at radius 3 is 2.38 bits per heavy atom. The summed E-state index contributed by atoms with van der Waals surface area (Å²) in [5.74, 6) is 0.487. The number of amides is 4. The molecule has 10 rings (SSSR count). The Balaban J connectivity index is 0.682. The molecule has 2 aromatic carbocycles. The van der Waals surface area contributed by atoms with Gasteiger partial charge in [-0.15, -0.1) is 0 Å². The molecule has 2 atom stereocenters. The number of likely N-dealkylation sites (tertiary alicyclic amines) is 1. The largest absolute Gasteiger partial charge is 0.488 e. The van der Waals surface area contributed by atoms with Crippen molar-refractivity contribution in [2.45, 2.75) is 88.6 Å². The molecule has 0 spiro atoms. The molecule has 4 amide bonds. The number of ether oxygens (including phenoxy) is 2. The molecular weight excluding hydrogens is 739 g/mol. The maximum Gasteiger partial charge on any atom is 0.262 e. The van der Waals surface area contributed by atoms with Gasteiger partial charge >= 0.3 is 0 Å². The number of imide groups is 2. The molecule has 1 aliphatic carbocycles. The van der Waals surface area contributed by atoms with Crippen molar-refractivity contribution in [1.82, 2.24) is 35.3 Å². The Kier molecular flexibility index (Phi) is 9.39. The van der Waals surface area contributed by atoms with Crippen LogP contribution in [0.3, 0.4) is 0 Å². The summed E-state index contributed by atoms with van der Waals surface area (Å²) >= 11 is 0. The van der Waals surface area contributed by atoms with E-state index in [1.165, 1.54) is 0 Å². The summed E-state index contributed by atoms with van der Waals surface area (Å²) in [7, 11) is 0. The van der Waals surface area contributed by atoms with E-state index in [0.29, 0.717) is 17.0 Å². The number of hydrogen-bond donors (Lipinski definition) is 2. The van der Waals surface area contributed by atoms with E-state index < -0.39 is 23.8 Å². The summed E-state index contributed by atoms with van der Waals surface area (Å²) < 4.78 is 12.9. The lowest BCUT2D eigenvalue weighted by Crippen LogP contribution is -2.54. The van der Waals surface area contributed by atoms with Crippen LogP contribution in [0.2, 0.25) is 0 Å². The Morgan fingerprint density at radius 2 is 1.59 bits per heavy atom. The summed E-state index contributed by atoms with van der Waals surface area (Å²) in [5, 5.41) is 11.0. The van der Waals surface area contributed by atoms with E-state index in [-0.39, 0.29) is 36.6 Å². The summed E-state index contributed by atoms with van der Waals surface area (Å²) in [4.78, 5) is 68.0. The number of piperidine rings is 3. The molecule has 2 aromatic heterocycles. The summed E-state index contributed by atoms with van der Waals surface area (Å²) in [5.41, 5.74) is 4.03. The summed E-state index contributed by atoms with van der Waals surface area (Å²) in [6.45, 7) is 8.75. The van der Waals surface area contributed by atoms with Crippen LogP contribution in [-0.2, 0) is 14.3 Å². The fourth-order valence-corrected chi connectivity index (χ4v) is 9.43. The number of H-pyrrole nitrogens is 1. The zero-order valence-electron chi connectivity index (χ0n) is 32.8. The minimum absolute atomic E-state index is 0.0483. The average molecular weight is 788 g/mol. The highest BCUT2D eigenvalue weighted by atomic mass is 16.5. The van der Waals surface area contributed by atoms with Crippen LogP contribution in [-0.4, -0.2) is 123 Å². The number of aromatic amines is 1. The molecule has 5 fully saturated rings. The first-order valence-corrected chi connectivity index (χ1v) is 20.9. The maximum absolute atomic E-state index is 13.3. The topological polar surface area (TPSA) is 166 Å². The van der Waals surface area contributed by atoms with E-state index in [2.05, 4.69) is 59.2 Å². The highest BCUT2D eigenvalue weighted by Crippen LogP contribution is 2.41. The van der Waals surface area contributed by atoms with Gasteiger partial charge in [-0.25, -0.2) is 9.97 Å². The molecule has 2 N–H and O–H groups in total. The van der Waals surface area contributed by atoms with Crippen LogP contribution in [0.5, 0.6) is 5.75 Å². The molecule has 7 heterocycles. The zero-order chi connectivity index (χ0) is 39.5. The van der Waals surface area contributed by atoms with Crippen molar-refractivity contribution in [3.63, 3.8) is 0 Å². The molecule has 1 unspecified atom stereocenters. The number of nitrogens with zero attached hydrogens (tertiary/aromatic N) is 7. The highest BCUT2D eigenvalue weighted by Gasteiger charge is 2.45. The molecular formula is C43H49N9O6. The zero-order valence-corrected chi connectivity index (χ0v) is 32.8. The molecule has 0 radical (unpaired) electrons. The maximum atomic E-state index is 13.3. The van der Waals surface area contributed by atoms with Gasteiger partial charge in [0.1, 0.15) is 35.2 Å².